The van der Waals surface area contributed by atoms with Crippen LogP contribution in [0.25, 0.3) is 0 Å². The number of benzene rings is 1. The number of ether oxygens (including phenoxy) is 1. The van der Waals surface area contributed by atoms with E-state index in [4.69, 9.17) is 10.5 Å². The molecule has 2 nitrogen and oxygen atoms in total. The molecule has 0 saturated heterocycles. The molecule has 0 bridgehead atoms. The van der Waals surface area contributed by atoms with Crippen molar-refractivity contribution in [2.45, 2.75) is 18.8 Å². The van der Waals surface area contributed by atoms with Crippen LogP contribution in [0.15, 0.2) is 18.2 Å². The van der Waals surface area contributed by atoms with Crippen LogP contribution < -0.4 is 10.5 Å². The van der Waals surface area contributed by atoms with Gasteiger partial charge in [-0.05, 0) is 30.4 Å². The van der Waals surface area contributed by atoms with Crippen LogP contribution in [0.1, 0.15) is 24.3 Å². The molecule has 1 saturated carbocycles. The Morgan fingerprint density at radius 2 is 2.17 bits per heavy atom. The summed E-state index contributed by atoms with van der Waals surface area (Å²) in [6.45, 7) is 0. The van der Waals surface area contributed by atoms with E-state index in [1.165, 1.54) is 18.4 Å². The Hall–Kier alpha value is -1.18. The van der Waals surface area contributed by atoms with Crippen molar-refractivity contribution in [3.8, 4) is 5.75 Å². The standard InChI is InChI=1S/C10H13NO/c1-12-8-4-5-9(7-2-3-7)10(11)6-8/h4-7H,2-3,11H2,1H3. The number of hydrogen-bond donors (Lipinski definition) is 1. The van der Waals surface area contributed by atoms with Crippen molar-refractivity contribution in [2.24, 2.45) is 0 Å². The van der Waals surface area contributed by atoms with E-state index in [-0.39, 0.29) is 0 Å². The molecule has 0 aliphatic heterocycles. The van der Waals surface area contributed by atoms with Crippen LogP contribution in [-0.4, -0.2) is 7.11 Å². The molecule has 0 radical (unpaired) electrons. The maximum Gasteiger partial charge on any atom is 0.120 e. The van der Waals surface area contributed by atoms with E-state index in [9.17, 15) is 0 Å². The van der Waals surface area contributed by atoms with Crippen molar-refractivity contribution in [1.82, 2.24) is 0 Å². The van der Waals surface area contributed by atoms with Gasteiger partial charge in [-0.3, -0.25) is 0 Å². The quantitative estimate of drug-likeness (QED) is 0.678. The molecule has 1 aliphatic rings. The van der Waals surface area contributed by atoms with Gasteiger partial charge >= 0.3 is 0 Å². The average Bonchev–Trinajstić information content (AvgIpc) is 2.87. The second-order valence-corrected chi connectivity index (χ2v) is 3.27. The SMILES string of the molecule is COc1ccc(C2CC2)c(N)c1. The highest BCUT2D eigenvalue weighted by Crippen LogP contribution is 2.43. The highest BCUT2D eigenvalue weighted by Gasteiger charge is 2.25. The van der Waals surface area contributed by atoms with Crippen LogP contribution >= 0.6 is 0 Å². The van der Waals surface area contributed by atoms with Gasteiger partial charge in [-0.1, -0.05) is 6.07 Å². The predicted octanol–water partition coefficient (Wildman–Crippen LogP) is 2.15. The number of hydrogen-bond acceptors (Lipinski definition) is 2. The summed E-state index contributed by atoms with van der Waals surface area (Å²) in [6.07, 6.45) is 2.58. The zero-order valence-corrected chi connectivity index (χ0v) is 7.21. The summed E-state index contributed by atoms with van der Waals surface area (Å²) >= 11 is 0. The molecule has 1 aromatic rings. The molecule has 12 heavy (non-hydrogen) atoms. The van der Waals surface area contributed by atoms with Crippen LogP contribution in [0.5, 0.6) is 5.75 Å². The zero-order valence-electron chi connectivity index (χ0n) is 7.21. The van der Waals surface area contributed by atoms with Crippen molar-refractivity contribution >= 4 is 5.69 Å². The van der Waals surface area contributed by atoms with Gasteiger partial charge in [-0.2, -0.15) is 0 Å². The number of methoxy groups -OCH3 is 1. The molecule has 2 N–H and O–H groups in total. The maximum absolute atomic E-state index is 5.86. The zero-order chi connectivity index (χ0) is 8.55. The van der Waals surface area contributed by atoms with Gasteiger partial charge in [0, 0.05) is 11.8 Å². The van der Waals surface area contributed by atoms with E-state index in [0.717, 1.165) is 17.4 Å². The van der Waals surface area contributed by atoms with E-state index in [1.807, 2.05) is 12.1 Å². The van der Waals surface area contributed by atoms with Crippen LogP contribution in [-0.2, 0) is 0 Å². The summed E-state index contributed by atoms with van der Waals surface area (Å²) in [5.74, 6) is 1.56. The lowest BCUT2D eigenvalue weighted by Crippen LogP contribution is -1.93. The Morgan fingerprint density at radius 3 is 2.67 bits per heavy atom. The molecule has 0 heterocycles. The minimum Gasteiger partial charge on any atom is -0.497 e. The number of rotatable bonds is 2. The van der Waals surface area contributed by atoms with E-state index in [1.54, 1.807) is 7.11 Å². The third kappa shape index (κ3) is 1.24. The summed E-state index contributed by atoms with van der Waals surface area (Å²) in [6, 6.07) is 5.95. The summed E-state index contributed by atoms with van der Waals surface area (Å²) in [7, 11) is 1.66. The van der Waals surface area contributed by atoms with Crippen LogP contribution in [0.2, 0.25) is 0 Å². The molecule has 2 heteroatoms. The monoisotopic (exact) mass is 163 g/mol. The first-order chi connectivity index (χ1) is 5.81. The molecule has 0 unspecified atom stereocenters. The highest BCUT2D eigenvalue weighted by atomic mass is 16.5. The Bertz CT molecular complexity index is 292. The lowest BCUT2D eigenvalue weighted by molar-refractivity contribution is 0.415. The normalized spacial score (nSPS) is 16.1. The Morgan fingerprint density at radius 1 is 1.42 bits per heavy atom. The van der Waals surface area contributed by atoms with Gasteiger partial charge in [-0.15, -0.1) is 0 Å². The molecule has 1 fully saturated rings. The van der Waals surface area contributed by atoms with E-state index >= 15 is 0 Å². The minimum absolute atomic E-state index is 0.718. The minimum atomic E-state index is 0.718. The molecule has 2 rings (SSSR count). The van der Waals surface area contributed by atoms with E-state index < -0.39 is 0 Å². The topological polar surface area (TPSA) is 35.2 Å². The number of nitrogen functional groups attached to an aromatic ring is 1. The third-order valence-corrected chi connectivity index (χ3v) is 2.31. The second kappa shape index (κ2) is 2.70. The Balaban J connectivity index is 2.32. The van der Waals surface area contributed by atoms with Gasteiger partial charge in [0.15, 0.2) is 0 Å². The number of anilines is 1. The Kier molecular flexibility index (Phi) is 1.68. The highest BCUT2D eigenvalue weighted by molar-refractivity contribution is 5.54. The molecule has 0 atom stereocenters. The first-order valence-electron chi connectivity index (χ1n) is 4.24. The fourth-order valence-electron chi connectivity index (χ4n) is 1.45. The summed E-state index contributed by atoms with van der Waals surface area (Å²) in [4.78, 5) is 0. The van der Waals surface area contributed by atoms with Crippen molar-refractivity contribution in [3.05, 3.63) is 23.8 Å². The van der Waals surface area contributed by atoms with Crippen LogP contribution in [0.3, 0.4) is 0 Å². The molecule has 1 aliphatic carbocycles. The molecular formula is C10H13NO. The van der Waals surface area contributed by atoms with Gasteiger partial charge in [0.1, 0.15) is 5.75 Å². The van der Waals surface area contributed by atoms with Gasteiger partial charge in [0.2, 0.25) is 0 Å². The van der Waals surface area contributed by atoms with Crippen molar-refractivity contribution in [2.75, 3.05) is 12.8 Å². The van der Waals surface area contributed by atoms with Gasteiger partial charge in [-0.25, -0.2) is 0 Å². The first-order valence-corrected chi connectivity index (χ1v) is 4.24. The van der Waals surface area contributed by atoms with Crippen LogP contribution in [0, 0.1) is 0 Å². The van der Waals surface area contributed by atoms with Gasteiger partial charge in [0.25, 0.3) is 0 Å². The van der Waals surface area contributed by atoms with E-state index in [2.05, 4.69) is 6.07 Å². The molecule has 0 spiro atoms. The second-order valence-electron chi connectivity index (χ2n) is 3.27. The fraction of sp³-hybridized carbons (Fsp3) is 0.400. The summed E-state index contributed by atoms with van der Waals surface area (Å²) in [5, 5.41) is 0. The smallest absolute Gasteiger partial charge is 0.120 e. The van der Waals surface area contributed by atoms with Crippen molar-refractivity contribution in [1.29, 1.82) is 0 Å². The lowest BCUT2D eigenvalue weighted by atomic mass is 10.1. The Labute approximate surface area is 72.3 Å². The molecule has 1 aromatic carbocycles. The molecule has 0 aromatic heterocycles. The summed E-state index contributed by atoms with van der Waals surface area (Å²) in [5.41, 5.74) is 8.02. The largest absolute Gasteiger partial charge is 0.497 e. The van der Waals surface area contributed by atoms with Gasteiger partial charge < -0.3 is 10.5 Å². The van der Waals surface area contributed by atoms with Gasteiger partial charge in [0.05, 0.1) is 7.11 Å². The average molecular weight is 163 g/mol. The molecule has 0 amide bonds. The fourth-order valence-corrected chi connectivity index (χ4v) is 1.45. The predicted molar refractivity (Wildman–Crippen MR) is 49.4 cm³/mol. The number of nitrogens with two attached hydrogens (primary N) is 1. The molecule has 64 valence electrons. The first kappa shape index (κ1) is 7.47. The summed E-state index contributed by atoms with van der Waals surface area (Å²) < 4.78 is 5.07. The van der Waals surface area contributed by atoms with Crippen molar-refractivity contribution < 1.29 is 4.74 Å². The van der Waals surface area contributed by atoms with E-state index in [0.29, 0.717) is 0 Å². The third-order valence-electron chi connectivity index (χ3n) is 2.31. The van der Waals surface area contributed by atoms with Crippen molar-refractivity contribution in [3.63, 3.8) is 0 Å². The van der Waals surface area contributed by atoms with Crippen LogP contribution in [0.4, 0.5) is 5.69 Å². The lowest BCUT2D eigenvalue weighted by Gasteiger charge is -2.05. The molecular weight excluding hydrogens is 150 g/mol. The maximum atomic E-state index is 5.86.